The minimum atomic E-state index is -0.0939. The van der Waals surface area contributed by atoms with E-state index >= 15 is 0 Å². The van der Waals surface area contributed by atoms with E-state index in [1.165, 1.54) is 22.2 Å². The van der Waals surface area contributed by atoms with Gasteiger partial charge in [-0.25, -0.2) is 4.98 Å². The van der Waals surface area contributed by atoms with Crippen LogP contribution in [0.2, 0.25) is 0 Å². The lowest BCUT2D eigenvalue weighted by molar-refractivity contribution is -0.121. The number of hydrogen-bond acceptors (Lipinski definition) is 5. The average Bonchev–Trinajstić information content (AvgIpc) is 3.17. The molecule has 3 aromatic rings. The largest absolute Gasteiger partial charge is 0.356 e. The highest BCUT2D eigenvalue weighted by Crippen LogP contribution is 2.13. The number of thiophene rings is 1. The number of aromatic nitrogens is 4. The number of fused-ring (bicyclic) bond motifs is 1. The lowest BCUT2D eigenvalue weighted by Crippen LogP contribution is -2.28. The summed E-state index contributed by atoms with van der Waals surface area (Å²) in [5.41, 5.74) is 2.03. The number of aryl methyl sites for hydroxylation is 4. The molecule has 0 bridgehead atoms. The molecular formula is C17H21N5O2S. The molecule has 1 amide bonds. The molecule has 1 N–H and O–H groups in total. The van der Waals surface area contributed by atoms with Crippen LogP contribution in [0.1, 0.15) is 24.2 Å². The molecule has 0 atom stereocenters. The normalized spacial score (nSPS) is 11.1. The van der Waals surface area contributed by atoms with Crippen molar-refractivity contribution >= 4 is 27.5 Å². The molecule has 0 aromatic carbocycles. The Kier molecular flexibility index (Phi) is 5.28. The molecule has 0 unspecified atom stereocenters. The van der Waals surface area contributed by atoms with Gasteiger partial charge in [-0.2, -0.15) is 5.10 Å². The summed E-state index contributed by atoms with van der Waals surface area (Å²) >= 11 is 1.44. The Labute approximate surface area is 149 Å². The lowest BCUT2D eigenvalue weighted by atomic mass is 10.3. The maximum Gasteiger partial charge on any atom is 0.262 e. The van der Waals surface area contributed by atoms with Gasteiger partial charge in [0, 0.05) is 31.7 Å². The van der Waals surface area contributed by atoms with Gasteiger partial charge in [-0.3, -0.25) is 18.8 Å². The predicted octanol–water partition coefficient (Wildman–Crippen LogP) is 1.87. The van der Waals surface area contributed by atoms with Crippen molar-refractivity contribution in [3.8, 4) is 0 Å². The molecule has 0 saturated carbocycles. The molecule has 25 heavy (non-hydrogen) atoms. The maximum absolute atomic E-state index is 12.2. The molecule has 0 fully saturated rings. The molecule has 0 radical (unpaired) electrons. The summed E-state index contributed by atoms with van der Waals surface area (Å²) in [6, 6.07) is 3.81. The number of carbonyl (C=O) groups is 1. The average molecular weight is 359 g/mol. The molecule has 3 heterocycles. The Hall–Kier alpha value is -2.48. The van der Waals surface area contributed by atoms with Crippen molar-refractivity contribution in [3.05, 3.63) is 45.6 Å². The van der Waals surface area contributed by atoms with Crippen LogP contribution in [0.25, 0.3) is 10.2 Å². The van der Waals surface area contributed by atoms with Crippen molar-refractivity contribution in [2.45, 2.75) is 39.8 Å². The van der Waals surface area contributed by atoms with Gasteiger partial charge in [-0.15, -0.1) is 11.3 Å². The Bertz CT molecular complexity index is 940. The van der Waals surface area contributed by atoms with Crippen LogP contribution < -0.4 is 10.9 Å². The van der Waals surface area contributed by atoms with Crippen molar-refractivity contribution in [2.75, 3.05) is 6.54 Å². The van der Waals surface area contributed by atoms with E-state index in [1.54, 1.807) is 6.07 Å². The van der Waals surface area contributed by atoms with Gasteiger partial charge < -0.3 is 5.32 Å². The molecule has 3 rings (SSSR count). The Morgan fingerprint density at radius 3 is 2.92 bits per heavy atom. The van der Waals surface area contributed by atoms with E-state index in [1.807, 2.05) is 30.0 Å². The summed E-state index contributed by atoms with van der Waals surface area (Å²) in [6.07, 6.45) is 2.59. The Morgan fingerprint density at radius 2 is 2.16 bits per heavy atom. The molecule has 0 aliphatic rings. The first-order valence-corrected chi connectivity index (χ1v) is 9.13. The van der Waals surface area contributed by atoms with E-state index in [4.69, 9.17) is 0 Å². The van der Waals surface area contributed by atoms with Gasteiger partial charge in [0.25, 0.3) is 5.56 Å². The molecular weight excluding hydrogens is 338 g/mol. The van der Waals surface area contributed by atoms with Gasteiger partial charge >= 0.3 is 0 Å². The van der Waals surface area contributed by atoms with Crippen LogP contribution in [0.15, 0.2) is 28.6 Å². The molecule has 3 aromatic heterocycles. The van der Waals surface area contributed by atoms with Crippen LogP contribution in [-0.2, 0) is 17.9 Å². The molecule has 132 valence electrons. The SMILES string of the molecule is Cc1cc(C)n(CCCNC(=O)CCn2cnc3sccc3c2=O)n1. The van der Waals surface area contributed by atoms with E-state index in [-0.39, 0.29) is 17.9 Å². The van der Waals surface area contributed by atoms with Gasteiger partial charge in [0.2, 0.25) is 5.91 Å². The van der Waals surface area contributed by atoms with Crippen molar-refractivity contribution < 1.29 is 4.79 Å². The number of nitrogens with one attached hydrogen (secondary N) is 1. The zero-order valence-electron chi connectivity index (χ0n) is 14.4. The summed E-state index contributed by atoms with van der Waals surface area (Å²) in [7, 11) is 0. The van der Waals surface area contributed by atoms with E-state index < -0.39 is 0 Å². The number of hydrogen-bond donors (Lipinski definition) is 1. The summed E-state index contributed by atoms with van der Waals surface area (Å²) in [5.74, 6) is -0.0642. The van der Waals surface area contributed by atoms with E-state index in [2.05, 4.69) is 15.4 Å². The first-order chi connectivity index (χ1) is 12.0. The number of nitrogens with zero attached hydrogens (tertiary/aromatic N) is 4. The minimum absolute atomic E-state index is 0.0642. The molecule has 8 heteroatoms. The molecule has 0 aliphatic carbocycles. The summed E-state index contributed by atoms with van der Waals surface area (Å²) < 4.78 is 3.44. The summed E-state index contributed by atoms with van der Waals surface area (Å²) in [5, 5.41) is 9.74. The van der Waals surface area contributed by atoms with Gasteiger partial charge in [-0.1, -0.05) is 0 Å². The third kappa shape index (κ3) is 4.14. The highest BCUT2D eigenvalue weighted by atomic mass is 32.1. The van der Waals surface area contributed by atoms with Crippen molar-refractivity contribution in [3.63, 3.8) is 0 Å². The van der Waals surface area contributed by atoms with Crippen molar-refractivity contribution in [1.82, 2.24) is 24.6 Å². The van der Waals surface area contributed by atoms with Crippen LogP contribution in [0.5, 0.6) is 0 Å². The fourth-order valence-corrected chi connectivity index (χ4v) is 3.44. The summed E-state index contributed by atoms with van der Waals surface area (Å²) in [4.78, 5) is 29.2. The van der Waals surface area contributed by atoms with Crippen LogP contribution in [0, 0.1) is 13.8 Å². The van der Waals surface area contributed by atoms with Crippen molar-refractivity contribution in [2.24, 2.45) is 0 Å². The zero-order chi connectivity index (χ0) is 17.8. The fraction of sp³-hybridized carbons (Fsp3) is 0.412. The second-order valence-corrected chi connectivity index (χ2v) is 6.88. The molecule has 0 saturated heterocycles. The van der Waals surface area contributed by atoms with Crippen LogP contribution in [0.3, 0.4) is 0 Å². The van der Waals surface area contributed by atoms with Gasteiger partial charge in [0.15, 0.2) is 0 Å². The predicted molar refractivity (Wildman–Crippen MR) is 97.8 cm³/mol. The number of carbonyl (C=O) groups excluding carboxylic acids is 1. The quantitative estimate of drug-likeness (QED) is 0.653. The van der Waals surface area contributed by atoms with Crippen LogP contribution in [0.4, 0.5) is 0 Å². The molecule has 7 nitrogen and oxygen atoms in total. The third-order valence-corrected chi connectivity index (χ3v) is 4.82. The lowest BCUT2D eigenvalue weighted by Gasteiger charge is -2.08. The first kappa shape index (κ1) is 17.3. The van der Waals surface area contributed by atoms with Crippen LogP contribution in [-0.4, -0.2) is 31.8 Å². The third-order valence-electron chi connectivity index (χ3n) is 4.00. The van der Waals surface area contributed by atoms with E-state index in [9.17, 15) is 9.59 Å². The van der Waals surface area contributed by atoms with Gasteiger partial charge in [0.1, 0.15) is 4.83 Å². The first-order valence-electron chi connectivity index (χ1n) is 8.25. The van der Waals surface area contributed by atoms with E-state index in [0.29, 0.717) is 18.5 Å². The second kappa shape index (κ2) is 7.60. The summed E-state index contributed by atoms with van der Waals surface area (Å²) in [6.45, 7) is 5.69. The Balaban J connectivity index is 1.44. The Morgan fingerprint density at radius 1 is 1.32 bits per heavy atom. The standard InChI is InChI=1S/C17H21N5O2S/c1-12-10-13(2)22(20-12)7-3-6-18-15(23)4-8-21-11-19-16-14(17(21)24)5-9-25-16/h5,9-11H,3-4,6-8H2,1-2H3,(H,18,23). The van der Waals surface area contributed by atoms with Gasteiger partial charge in [0.05, 0.1) is 17.4 Å². The topological polar surface area (TPSA) is 81.8 Å². The highest BCUT2D eigenvalue weighted by molar-refractivity contribution is 7.16. The van der Waals surface area contributed by atoms with Gasteiger partial charge in [-0.05, 0) is 37.8 Å². The minimum Gasteiger partial charge on any atom is -0.356 e. The molecule has 0 spiro atoms. The zero-order valence-corrected chi connectivity index (χ0v) is 15.2. The van der Waals surface area contributed by atoms with E-state index in [0.717, 1.165) is 29.2 Å². The smallest absolute Gasteiger partial charge is 0.262 e. The number of rotatable bonds is 7. The molecule has 0 aliphatic heterocycles. The number of amides is 1. The van der Waals surface area contributed by atoms with Crippen molar-refractivity contribution in [1.29, 1.82) is 0 Å². The fourth-order valence-electron chi connectivity index (χ4n) is 2.72. The monoisotopic (exact) mass is 359 g/mol. The van der Waals surface area contributed by atoms with Crippen LogP contribution >= 0.6 is 11.3 Å². The second-order valence-electron chi connectivity index (χ2n) is 5.99. The maximum atomic E-state index is 12.2. The highest BCUT2D eigenvalue weighted by Gasteiger charge is 2.07.